The minimum absolute atomic E-state index is 0.0644. The third kappa shape index (κ3) is 3.79. The van der Waals surface area contributed by atoms with Crippen LogP contribution in [0, 0.1) is 5.92 Å². The van der Waals surface area contributed by atoms with Crippen LogP contribution in [0.15, 0.2) is 30.3 Å². The van der Waals surface area contributed by atoms with Crippen LogP contribution in [-0.4, -0.2) is 61.9 Å². The molecule has 1 aromatic carbocycles. The first-order chi connectivity index (χ1) is 11.7. The van der Waals surface area contributed by atoms with Gasteiger partial charge in [0.05, 0.1) is 13.2 Å². The highest BCUT2D eigenvalue weighted by Crippen LogP contribution is 2.29. The molecule has 0 saturated carbocycles. The fourth-order valence-electron chi connectivity index (χ4n) is 3.62. The summed E-state index contributed by atoms with van der Waals surface area (Å²) in [6.45, 7) is 5.89. The van der Waals surface area contributed by atoms with E-state index in [1.54, 1.807) is 0 Å². The Morgan fingerprint density at radius 2 is 1.83 bits per heavy atom. The van der Waals surface area contributed by atoms with Gasteiger partial charge in [-0.1, -0.05) is 37.3 Å². The van der Waals surface area contributed by atoms with E-state index in [-0.39, 0.29) is 18.2 Å². The average molecular weight is 332 g/mol. The van der Waals surface area contributed by atoms with E-state index in [0.29, 0.717) is 19.1 Å². The van der Waals surface area contributed by atoms with Crippen LogP contribution in [0.5, 0.6) is 0 Å². The van der Waals surface area contributed by atoms with E-state index < -0.39 is 0 Å². The third-order valence-electron chi connectivity index (χ3n) is 5.17. The fraction of sp³-hybridized carbons (Fsp3) is 0.632. The Labute approximate surface area is 144 Å². The molecule has 132 valence electrons. The van der Waals surface area contributed by atoms with Gasteiger partial charge in [-0.3, -0.25) is 9.69 Å². The molecule has 0 N–H and O–H groups in total. The molecule has 5 nitrogen and oxygen atoms in total. The molecule has 2 saturated heterocycles. The van der Waals surface area contributed by atoms with Crippen molar-refractivity contribution >= 4 is 5.91 Å². The normalized spacial score (nSPS) is 21.4. The van der Waals surface area contributed by atoms with Gasteiger partial charge in [0, 0.05) is 19.0 Å². The van der Waals surface area contributed by atoms with Crippen molar-refractivity contribution in [3.8, 4) is 0 Å². The predicted octanol–water partition coefficient (Wildman–Crippen LogP) is 2.29. The van der Waals surface area contributed by atoms with Crippen LogP contribution in [0.4, 0.5) is 0 Å². The first-order valence-corrected chi connectivity index (χ1v) is 8.98. The molecule has 2 aliphatic heterocycles. The van der Waals surface area contributed by atoms with Crippen LogP contribution in [-0.2, 0) is 14.3 Å². The standard InChI is InChI=1S/C19H28N2O3/c1-3-20(2)17(15-7-5-4-6-8-15)18(22)21-11-9-16(10-12-21)19-23-13-14-24-19/h4-8,16-17,19H,3,9-14H2,1-2H3. The van der Waals surface area contributed by atoms with Crippen LogP contribution in [0.2, 0.25) is 0 Å². The van der Waals surface area contributed by atoms with E-state index in [0.717, 1.165) is 38.0 Å². The number of likely N-dealkylation sites (tertiary alicyclic amines) is 1. The molecule has 2 fully saturated rings. The molecule has 2 heterocycles. The quantitative estimate of drug-likeness (QED) is 0.830. The highest BCUT2D eigenvalue weighted by Gasteiger charge is 2.35. The number of piperidine rings is 1. The Kier molecular flexibility index (Phi) is 5.87. The summed E-state index contributed by atoms with van der Waals surface area (Å²) in [7, 11) is 2.02. The lowest BCUT2D eigenvalue weighted by atomic mass is 9.95. The van der Waals surface area contributed by atoms with Crippen molar-refractivity contribution in [3.63, 3.8) is 0 Å². The van der Waals surface area contributed by atoms with Gasteiger partial charge >= 0.3 is 0 Å². The van der Waals surface area contributed by atoms with Crippen LogP contribution in [0.1, 0.15) is 31.4 Å². The van der Waals surface area contributed by atoms with Gasteiger partial charge in [0.2, 0.25) is 5.91 Å². The van der Waals surface area contributed by atoms with Gasteiger partial charge in [-0.2, -0.15) is 0 Å². The zero-order valence-corrected chi connectivity index (χ0v) is 14.7. The molecule has 0 aromatic heterocycles. The van der Waals surface area contributed by atoms with Crippen molar-refractivity contribution in [2.45, 2.75) is 32.1 Å². The van der Waals surface area contributed by atoms with Gasteiger partial charge in [-0.05, 0) is 32.0 Å². The smallest absolute Gasteiger partial charge is 0.244 e. The monoisotopic (exact) mass is 332 g/mol. The van der Waals surface area contributed by atoms with E-state index in [4.69, 9.17) is 9.47 Å². The second-order valence-corrected chi connectivity index (χ2v) is 6.66. The molecule has 3 rings (SSSR count). The summed E-state index contributed by atoms with van der Waals surface area (Å²) >= 11 is 0. The summed E-state index contributed by atoms with van der Waals surface area (Å²) < 4.78 is 11.3. The Bertz CT molecular complexity index is 523. The number of nitrogens with zero attached hydrogens (tertiary/aromatic N) is 2. The third-order valence-corrected chi connectivity index (χ3v) is 5.17. The van der Waals surface area contributed by atoms with Gasteiger partial charge in [-0.25, -0.2) is 0 Å². The number of likely N-dealkylation sites (N-methyl/N-ethyl adjacent to an activating group) is 1. The predicted molar refractivity (Wildman–Crippen MR) is 92.5 cm³/mol. The molecule has 0 radical (unpaired) electrons. The molecule has 1 unspecified atom stereocenters. The second kappa shape index (κ2) is 8.10. The van der Waals surface area contributed by atoms with E-state index in [9.17, 15) is 4.79 Å². The minimum atomic E-state index is -0.202. The Morgan fingerprint density at radius 3 is 2.42 bits per heavy atom. The average Bonchev–Trinajstić information content (AvgIpc) is 3.17. The lowest BCUT2D eigenvalue weighted by Gasteiger charge is -2.37. The van der Waals surface area contributed by atoms with Gasteiger partial charge in [0.25, 0.3) is 0 Å². The Morgan fingerprint density at radius 1 is 1.21 bits per heavy atom. The van der Waals surface area contributed by atoms with Gasteiger partial charge in [0.1, 0.15) is 6.04 Å². The molecular weight excluding hydrogens is 304 g/mol. The van der Waals surface area contributed by atoms with Crippen LogP contribution < -0.4 is 0 Å². The first kappa shape index (κ1) is 17.4. The van der Waals surface area contributed by atoms with E-state index in [1.807, 2.05) is 42.3 Å². The summed E-state index contributed by atoms with van der Waals surface area (Å²) in [6.07, 6.45) is 1.84. The van der Waals surface area contributed by atoms with Crippen molar-refractivity contribution in [1.82, 2.24) is 9.80 Å². The van der Waals surface area contributed by atoms with Crippen molar-refractivity contribution < 1.29 is 14.3 Å². The highest BCUT2D eigenvalue weighted by atomic mass is 16.7. The number of ether oxygens (including phenoxy) is 2. The molecule has 5 heteroatoms. The maximum atomic E-state index is 13.1. The number of carbonyl (C=O) groups excluding carboxylic acids is 1. The molecule has 0 bridgehead atoms. The summed E-state index contributed by atoms with van der Waals surface area (Å²) in [5, 5.41) is 0. The Hall–Kier alpha value is -1.43. The van der Waals surface area contributed by atoms with Crippen LogP contribution in [0.25, 0.3) is 0 Å². The van der Waals surface area contributed by atoms with Crippen molar-refractivity contribution in [3.05, 3.63) is 35.9 Å². The lowest BCUT2D eigenvalue weighted by Crippen LogP contribution is -2.46. The number of rotatable bonds is 5. The number of carbonyl (C=O) groups is 1. The summed E-state index contributed by atoms with van der Waals surface area (Å²) in [5.41, 5.74) is 1.07. The minimum Gasteiger partial charge on any atom is -0.350 e. The first-order valence-electron chi connectivity index (χ1n) is 8.98. The highest BCUT2D eigenvalue weighted by molar-refractivity contribution is 5.83. The molecule has 0 aliphatic carbocycles. The molecule has 1 aromatic rings. The summed E-state index contributed by atoms with van der Waals surface area (Å²) in [6, 6.07) is 9.87. The maximum absolute atomic E-state index is 13.1. The molecule has 24 heavy (non-hydrogen) atoms. The zero-order chi connectivity index (χ0) is 16.9. The van der Waals surface area contributed by atoms with Gasteiger partial charge in [0.15, 0.2) is 6.29 Å². The van der Waals surface area contributed by atoms with Crippen LogP contribution >= 0.6 is 0 Å². The van der Waals surface area contributed by atoms with Gasteiger partial charge < -0.3 is 14.4 Å². The SMILES string of the molecule is CCN(C)C(C(=O)N1CCC(C2OCCO2)CC1)c1ccccc1. The molecule has 0 spiro atoms. The summed E-state index contributed by atoms with van der Waals surface area (Å²) in [5.74, 6) is 0.618. The molecule has 1 atom stereocenters. The summed E-state index contributed by atoms with van der Waals surface area (Å²) in [4.78, 5) is 17.3. The van der Waals surface area contributed by atoms with Gasteiger partial charge in [-0.15, -0.1) is 0 Å². The number of hydrogen-bond donors (Lipinski definition) is 0. The number of hydrogen-bond acceptors (Lipinski definition) is 4. The van der Waals surface area contributed by atoms with Crippen molar-refractivity contribution in [2.24, 2.45) is 5.92 Å². The Balaban J connectivity index is 1.65. The van der Waals surface area contributed by atoms with E-state index >= 15 is 0 Å². The molecule has 1 amide bonds. The van der Waals surface area contributed by atoms with Crippen LogP contribution in [0.3, 0.4) is 0 Å². The second-order valence-electron chi connectivity index (χ2n) is 6.66. The largest absolute Gasteiger partial charge is 0.350 e. The van der Waals surface area contributed by atoms with Crippen molar-refractivity contribution in [2.75, 3.05) is 39.9 Å². The molecular formula is C19H28N2O3. The maximum Gasteiger partial charge on any atom is 0.244 e. The fourth-order valence-corrected chi connectivity index (χ4v) is 3.62. The lowest BCUT2D eigenvalue weighted by molar-refractivity contribution is -0.142. The number of benzene rings is 1. The topological polar surface area (TPSA) is 42.0 Å². The van der Waals surface area contributed by atoms with E-state index in [1.165, 1.54) is 0 Å². The zero-order valence-electron chi connectivity index (χ0n) is 14.7. The molecule has 2 aliphatic rings. The number of amides is 1. The van der Waals surface area contributed by atoms with Crippen molar-refractivity contribution in [1.29, 1.82) is 0 Å². The van der Waals surface area contributed by atoms with E-state index in [2.05, 4.69) is 11.8 Å².